The zero-order valence-electron chi connectivity index (χ0n) is 8.90. The molecule has 94 valence electrons. The van der Waals surface area contributed by atoms with E-state index in [-0.39, 0.29) is 13.2 Å². The highest BCUT2D eigenvalue weighted by molar-refractivity contribution is 9.10. The van der Waals surface area contributed by atoms with Gasteiger partial charge in [-0.15, -0.1) is 0 Å². The fourth-order valence-corrected chi connectivity index (χ4v) is 1.87. The Morgan fingerprint density at radius 2 is 2.24 bits per heavy atom. The van der Waals surface area contributed by atoms with Gasteiger partial charge in [-0.3, -0.25) is 0 Å². The first kappa shape index (κ1) is 14.4. The van der Waals surface area contributed by atoms with Gasteiger partial charge in [0.25, 0.3) is 0 Å². The molecular weight excluding hydrogens is 311 g/mol. The molecule has 1 aromatic carbocycles. The summed E-state index contributed by atoms with van der Waals surface area (Å²) in [7, 11) is 0. The van der Waals surface area contributed by atoms with Crippen LogP contribution < -0.4 is 0 Å². The third-order valence-electron chi connectivity index (χ3n) is 2.05. The Kier molecular flexibility index (Phi) is 5.91. The molecule has 1 aromatic rings. The summed E-state index contributed by atoms with van der Waals surface area (Å²) in [6, 6.07) is 4.94. The summed E-state index contributed by atoms with van der Waals surface area (Å²) in [4.78, 5) is 11.1. The second kappa shape index (κ2) is 6.96. The molecular formula is C11H12BrClO4. The minimum atomic E-state index is -1.12. The van der Waals surface area contributed by atoms with Gasteiger partial charge in [0.05, 0.1) is 6.61 Å². The van der Waals surface area contributed by atoms with Crippen LogP contribution in [0.3, 0.4) is 0 Å². The molecule has 4 nitrogen and oxygen atoms in total. The van der Waals surface area contributed by atoms with Crippen molar-refractivity contribution in [3.63, 3.8) is 0 Å². The Bertz CT molecular complexity index is 397. The molecule has 2 N–H and O–H groups in total. The zero-order chi connectivity index (χ0) is 12.8. The van der Waals surface area contributed by atoms with Crippen LogP contribution in [-0.4, -0.2) is 29.4 Å². The lowest BCUT2D eigenvalue weighted by molar-refractivity contribution is -0.151. The summed E-state index contributed by atoms with van der Waals surface area (Å²) in [6.07, 6.45) is -0.735. The molecule has 0 radical (unpaired) electrons. The summed E-state index contributed by atoms with van der Waals surface area (Å²) >= 11 is 9.18. The van der Waals surface area contributed by atoms with Crippen LogP contribution in [0.1, 0.15) is 18.1 Å². The maximum atomic E-state index is 11.1. The maximum absolute atomic E-state index is 11.1. The maximum Gasteiger partial charge on any atom is 0.337 e. The summed E-state index contributed by atoms with van der Waals surface area (Å²) < 4.78 is 5.93. The lowest BCUT2D eigenvalue weighted by Gasteiger charge is -2.15. The predicted molar refractivity (Wildman–Crippen MR) is 67.2 cm³/mol. The van der Waals surface area contributed by atoms with Crippen molar-refractivity contribution in [3.8, 4) is 0 Å². The molecule has 6 heteroatoms. The van der Waals surface area contributed by atoms with Gasteiger partial charge in [0.1, 0.15) is 0 Å². The fraction of sp³-hybridized carbons (Fsp3) is 0.364. The lowest BCUT2D eigenvalue weighted by atomic mass is 10.1. The monoisotopic (exact) mass is 322 g/mol. The standard InChI is InChI=1S/C11H12BrClO4/c12-7-2-3-9(13)8(6-7)10(11(15)16)17-5-1-4-14/h2-3,6,10,14H,1,4-5H2,(H,15,16). The minimum Gasteiger partial charge on any atom is -0.479 e. The molecule has 0 aliphatic carbocycles. The largest absolute Gasteiger partial charge is 0.479 e. The van der Waals surface area contributed by atoms with Crippen molar-refractivity contribution in [1.82, 2.24) is 0 Å². The Morgan fingerprint density at radius 1 is 1.53 bits per heavy atom. The highest BCUT2D eigenvalue weighted by atomic mass is 79.9. The van der Waals surface area contributed by atoms with Crippen LogP contribution in [0.4, 0.5) is 0 Å². The second-order valence-electron chi connectivity index (χ2n) is 3.33. The lowest BCUT2D eigenvalue weighted by Crippen LogP contribution is -2.17. The van der Waals surface area contributed by atoms with Gasteiger partial charge in [0.2, 0.25) is 0 Å². The molecule has 0 saturated carbocycles. The SMILES string of the molecule is O=C(O)C(OCCCO)c1cc(Br)ccc1Cl. The van der Waals surface area contributed by atoms with Gasteiger partial charge in [-0.1, -0.05) is 27.5 Å². The van der Waals surface area contributed by atoms with Gasteiger partial charge in [0, 0.05) is 21.7 Å². The number of benzene rings is 1. The van der Waals surface area contributed by atoms with E-state index < -0.39 is 12.1 Å². The highest BCUT2D eigenvalue weighted by Gasteiger charge is 2.23. The number of aliphatic hydroxyl groups is 1. The van der Waals surface area contributed by atoms with Crippen molar-refractivity contribution in [3.05, 3.63) is 33.3 Å². The van der Waals surface area contributed by atoms with Gasteiger partial charge in [0.15, 0.2) is 6.10 Å². The highest BCUT2D eigenvalue weighted by Crippen LogP contribution is 2.29. The van der Waals surface area contributed by atoms with E-state index in [0.29, 0.717) is 17.0 Å². The van der Waals surface area contributed by atoms with E-state index in [2.05, 4.69) is 15.9 Å². The van der Waals surface area contributed by atoms with Crippen LogP contribution in [0.15, 0.2) is 22.7 Å². The molecule has 17 heavy (non-hydrogen) atoms. The molecule has 0 fully saturated rings. The number of rotatable bonds is 6. The third-order valence-corrected chi connectivity index (χ3v) is 2.89. The van der Waals surface area contributed by atoms with E-state index in [1.807, 2.05) is 0 Å². The number of hydrogen-bond donors (Lipinski definition) is 2. The average Bonchev–Trinajstić information content (AvgIpc) is 2.28. The van der Waals surface area contributed by atoms with Crippen molar-refractivity contribution < 1.29 is 19.7 Å². The summed E-state index contributed by atoms with van der Waals surface area (Å²) in [5, 5.41) is 18.0. The normalized spacial score (nSPS) is 12.4. The Hall–Kier alpha value is -0.620. The van der Waals surface area contributed by atoms with Crippen LogP contribution in [0.5, 0.6) is 0 Å². The van der Waals surface area contributed by atoms with E-state index in [4.69, 9.17) is 26.6 Å². The number of ether oxygens (including phenoxy) is 1. The number of aliphatic hydroxyl groups excluding tert-OH is 1. The van der Waals surface area contributed by atoms with Crippen molar-refractivity contribution in [2.24, 2.45) is 0 Å². The smallest absolute Gasteiger partial charge is 0.337 e. The third kappa shape index (κ3) is 4.27. The number of carboxylic acid groups (broad SMARTS) is 1. The summed E-state index contributed by atoms with van der Waals surface area (Å²) in [5.41, 5.74) is 0.395. The van der Waals surface area contributed by atoms with Crippen molar-refractivity contribution in [1.29, 1.82) is 0 Å². The van der Waals surface area contributed by atoms with Crippen LogP contribution in [0.25, 0.3) is 0 Å². The van der Waals surface area contributed by atoms with E-state index in [1.54, 1.807) is 18.2 Å². The molecule has 0 amide bonds. The molecule has 0 heterocycles. The van der Waals surface area contributed by atoms with Gasteiger partial charge in [-0.05, 0) is 24.6 Å². The van der Waals surface area contributed by atoms with Crippen LogP contribution in [-0.2, 0) is 9.53 Å². The Labute approximate surface area is 112 Å². The first-order valence-electron chi connectivity index (χ1n) is 4.96. The van der Waals surface area contributed by atoms with E-state index in [1.165, 1.54) is 0 Å². The first-order valence-corrected chi connectivity index (χ1v) is 6.13. The van der Waals surface area contributed by atoms with Crippen LogP contribution >= 0.6 is 27.5 Å². The fourth-order valence-electron chi connectivity index (χ4n) is 1.28. The van der Waals surface area contributed by atoms with Gasteiger partial charge in [-0.2, -0.15) is 0 Å². The quantitative estimate of drug-likeness (QED) is 0.790. The molecule has 1 unspecified atom stereocenters. The Morgan fingerprint density at radius 3 is 2.82 bits per heavy atom. The predicted octanol–water partition coefficient (Wildman–Crippen LogP) is 2.63. The van der Waals surface area contributed by atoms with Crippen molar-refractivity contribution in [2.75, 3.05) is 13.2 Å². The first-order chi connectivity index (χ1) is 8.06. The number of carbonyl (C=O) groups is 1. The molecule has 0 aliphatic rings. The molecule has 0 saturated heterocycles. The summed E-state index contributed by atoms with van der Waals surface area (Å²) in [5.74, 6) is -1.11. The zero-order valence-corrected chi connectivity index (χ0v) is 11.2. The topological polar surface area (TPSA) is 66.8 Å². The van der Waals surface area contributed by atoms with Crippen molar-refractivity contribution in [2.45, 2.75) is 12.5 Å². The van der Waals surface area contributed by atoms with E-state index in [0.717, 1.165) is 4.47 Å². The minimum absolute atomic E-state index is 0.0431. The second-order valence-corrected chi connectivity index (χ2v) is 4.65. The number of hydrogen-bond acceptors (Lipinski definition) is 3. The number of carboxylic acids is 1. The van der Waals surface area contributed by atoms with Gasteiger partial charge >= 0.3 is 5.97 Å². The van der Waals surface area contributed by atoms with Gasteiger partial charge in [-0.25, -0.2) is 4.79 Å². The molecule has 0 aromatic heterocycles. The molecule has 1 rings (SSSR count). The molecule has 0 spiro atoms. The molecule has 0 bridgehead atoms. The van der Waals surface area contributed by atoms with Gasteiger partial charge < -0.3 is 14.9 Å². The van der Waals surface area contributed by atoms with Crippen molar-refractivity contribution >= 4 is 33.5 Å². The summed E-state index contributed by atoms with van der Waals surface area (Å²) in [6.45, 7) is 0.120. The van der Waals surface area contributed by atoms with Crippen LogP contribution in [0, 0.1) is 0 Å². The number of aliphatic carboxylic acids is 1. The van der Waals surface area contributed by atoms with Crippen LogP contribution in [0.2, 0.25) is 5.02 Å². The number of halogens is 2. The Balaban J connectivity index is 2.89. The average molecular weight is 324 g/mol. The van der Waals surface area contributed by atoms with E-state index >= 15 is 0 Å². The molecule has 0 aliphatic heterocycles. The van der Waals surface area contributed by atoms with E-state index in [9.17, 15) is 4.79 Å². The molecule has 1 atom stereocenters.